The molecule has 1 saturated heterocycles. The van der Waals surface area contributed by atoms with E-state index in [0.29, 0.717) is 12.5 Å². The van der Waals surface area contributed by atoms with Gasteiger partial charge in [-0.05, 0) is 55.3 Å². The third-order valence-corrected chi connectivity index (χ3v) is 12.6. The van der Waals surface area contributed by atoms with Gasteiger partial charge in [0.25, 0.3) is 0 Å². The van der Waals surface area contributed by atoms with Gasteiger partial charge in [0.1, 0.15) is 5.78 Å². The first-order chi connectivity index (χ1) is 14.9. The predicted octanol–water partition coefficient (Wildman–Crippen LogP) is 6.01. The second-order valence-electron chi connectivity index (χ2n) is 11.4. The van der Waals surface area contributed by atoms with Crippen LogP contribution in [0.1, 0.15) is 72.8 Å². The van der Waals surface area contributed by atoms with Crippen molar-refractivity contribution in [2.75, 3.05) is 6.61 Å². The third-order valence-electron chi connectivity index (χ3n) is 8.13. The van der Waals surface area contributed by atoms with Gasteiger partial charge in [-0.2, -0.15) is 0 Å². The van der Waals surface area contributed by atoms with Gasteiger partial charge in [-0.3, -0.25) is 9.69 Å². The molecule has 0 bridgehead atoms. The summed E-state index contributed by atoms with van der Waals surface area (Å²) in [7, 11) is -1.87. The highest BCUT2D eigenvalue weighted by Crippen LogP contribution is 2.40. The van der Waals surface area contributed by atoms with E-state index in [4.69, 9.17) is 10.2 Å². The van der Waals surface area contributed by atoms with E-state index in [2.05, 4.69) is 76.9 Å². The zero-order chi connectivity index (χ0) is 24.1. The molecule has 1 fully saturated rings. The number of carbonyl (C=O) groups is 1. The predicted molar refractivity (Wildman–Crippen MR) is 138 cm³/mol. The molecule has 0 saturated carbocycles. The zero-order valence-electron chi connectivity index (χ0n) is 21.9. The summed E-state index contributed by atoms with van der Waals surface area (Å²) in [6.07, 6.45) is 4.15. The highest BCUT2D eigenvalue weighted by molar-refractivity contribution is 6.74. The lowest BCUT2D eigenvalue weighted by Crippen LogP contribution is -2.52. The number of hydrogen-bond donors (Lipinski definition) is 1. The molecule has 182 valence electrons. The van der Waals surface area contributed by atoms with E-state index >= 15 is 0 Å². The average molecular weight is 461 g/mol. The van der Waals surface area contributed by atoms with Crippen LogP contribution in [0, 0.1) is 11.8 Å². The van der Waals surface area contributed by atoms with Crippen molar-refractivity contribution in [3.8, 4) is 0 Å². The lowest BCUT2D eigenvalue weighted by Gasteiger charge is -2.39. The second-order valence-corrected chi connectivity index (χ2v) is 16.2. The van der Waals surface area contributed by atoms with E-state index in [1.807, 2.05) is 6.07 Å². The molecule has 2 rings (SSSR count). The van der Waals surface area contributed by atoms with E-state index in [0.717, 1.165) is 32.2 Å². The second kappa shape index (κ2) is 11.4. The minimum atomic E-state index is -1.87. The number of nitrogens with two attached hydrogens (primary N) is 1. The van der Waals surface area contributed by atoms with E-state index in [1.54, 1.807) is 6.92 Å². The Morgan fingerprint density at radius 1 is 1.19 bits per heavy atom. The smallest absolute Gasteiger partial charge is 0.191 e. The molecule has 1 aliphatic rings. The van der Waals surface area contributed by atoms with Crippen molar-refractivity contribution >= 4 is 14.1 Å². The molecule has 0 aliphatic carbocycles. The molecule has 0 amide bonds. The summed E-state index contributed by atoms with van der Waals surface area (Å²) in [5, 5.41) is 0.169. The minimum absolute atomic E-state index is 0.0426. The zero-order valence-corrected chi connectivity index (χ0v) is 22.9. The maximum atomic E-state index is 12.7. The molecule has 1 aromatic carbocycles. The molecule has 0 spiro atoms. The lowest BCUT2D eigenvalue weighted by atomic mass is 9.86. The van der Waals surface area contributed by atoms with Crippen LogP contribution in [-0.2, 0) is 15.8 Å². The largest absolute Gasteiger partial charge is 0.416 e. The minimum Gasteiger partial charge on any atom is -0.416 e. The van der Waals surface area contributed by atoms with Gasteiger partial charge in [-0.25, -0.2) is 0 Å². The highest BCUT2D eigenvalue weighted by Gasteiger charge is 2.47. The van der Waals surface area contributed by atoms with Crippen LogP contribution in [0.15, 0.2) is 30.3 Å². The molecule has 32 heavy (non-hydrogen) atoms. The number of rotatable bonds is 11. The van der Waals surface area contributed by atoms with E-state index in [9.17, 15) is 4.79 Å². The van der Waals surface area contributed by atoms with Gasteiger partial charge >= 0.3 is 0 Å². The molecule has 1 heterocycles. The van der Waals surface area contributed by atoms with Gasteiger partial charge in [-0.15, -0.1) is 0 Å². The summed E-state index contributed by atoms with van der Waals surface area (Å²) in [6.45, 7) is 19.2. The summed E-state index contributed by atoms with van der Waals surface area (Å²) in [6, 6.07) is 10.6. The molecule has 1 aromatic rings. The van der Waals surface area contributed by atoms with Gasteiger partial charge in [-0.1, -0.05) is 77.8 Å². The molecular weight excluding hydrogens is 412 g/mol. The number of benzene rings is 1. The first-order valence-corrected chi connectivity index (χ1v) is 15.5. The number of nitrogens with zero attached hydrogens (tertiary/aromatic N) is 1. The van der Waals surface area contributed by atoms with Crippen LogP contribution >= 0.6 is 0 Å². The van der Waals surface area contributed by atoms with Gasteiger partial charge in [0.15, 0.2) is 8.32 Å². The summed E-state index contributed by atoms with van der Waals surface area (Å²) in [4.78, 5) is 15.1. The Labute approximate surface area is 198 Å². The molecule has 0 radical (unpaired) electrons. The van der Waals surface area contributed by atoms with Crippen LogP contribution in [0.3, 0.4) is 0 Å². The van der Waals surface area contributed by atoms with E-state index in [1.165, 1.54) is 5.56 Å². The number of ketones is 1. The van der Waals surface area contributed by atoms with Crippen molar-refractivity contribution in [3.05, 3.63) is 35.9 Å². The van der Waals surface area contributed by atoms with Gasteiger partial charge in [0, 0.05) is 25.2 Å². The summed E-state index contributed by atoms with van der Waals surface area (Å²) in [5.74, 6) is 1.16. The molecule has 2 N–H and O–H groups in total. The van der Waals surface area contributed by atoms with Crippen molar-refractivity contribution < 1.29 is 9.22 Å². The maximum absolute atomic E-state index is 12.7. The SMILES string of the molecule is CCC(CC)CC(N)[C@H]1[C@H](CO[Si](C)(C)C(C)(C)C)C[C@H](C(C)=O)N1Cc1ccccc1. The highest BCUT2D eigenvalue weighted by atomic mass is 28.4. The fourth-order valence-electron chi connectivity index (χ4n) is 4.89. The van der Waals surface area contributed by atoms with Gasteiger partial charge in [0.05, 0.1) is 6.04 Å². The van der Waals surface area contributed by atoms with Crippen molar-refractivity contribution in [1.82, 2.24) is 4.90 Å². The fourth-order valence-corrected chi connectivity index (χ4v) is 5.95. The molecule has 5 heteroatoms. The van der Waals surface area contributed by atoms with Crippen LogP contribution < -0.4 is 5.73 Å². The standard InChI is InChI=1S/C27H48N2O2Si/c1-9-21(10-2)16-24(28)26-23(19-31-32(7,8)27(4,5)6)17-25(20(3)30)29(26)18-22-14-12-11-13-15-22/h11-15,21,23-26H,9-10,16-19,28H2,1-8H3/t23-,24?,25+,26+/m0/s1. The Hall–Kier alpha value is -1.01. The van der Waals surface area contributed by atoms with Crippen molar-refractivity contribution in [3.63, 3.8) is 0 Å². The van der Waals surface area contributed by atoms with Gasteiger partial charge < -0.3 is 10.2 Å². The average Bonchev–Trinajstić information content (AvgIpc) is 3.09. The van der Waals surface area contributed by atoms with Crippen LogP contribution in [-0.4, -0.2) is 43.7 Å². The Morgan fingerprint density at radius 2 is 1.78 bits per heavy atom. The van der Waals surface area contributed by atoms with Crippen LogP contribution in [0.5, 0.6) is 0 Å². The van der Waals surface area contributed by atoms with Crippen LogP contribution in [0.4, 0.5) is 0 Å². The maximum Gasteiger partial charge on any atom is 0.191 e. The molecular formula is C27H48N2O2Si. The van der Waals surface area contributed by atoms with Crippen LogP contribution in [0.2, 0.25) is 18.1 Å². The van der Waals surface area contributed by atoms with E-state index < -0.39 is 8.32 Å². The Balaban J connectivity index is 2.33. The monoisotopic (exact) mass is 460 g/mol. The number of likely N-dealkylation sites (tertiary alicyclic amines) is 1. The summed E-state index contributed by atoms with van der Waals surface area (Å²) in [5.41, 5.74) is 8.20. The number of carbonyl (C=O) groups excluding carboxylic acids is 1. The molecule has 1 unspecified atom stereocenters. The van der Waals surface area contributed by atoms with Crippen molar-refractivity contribution in [2.45, 2.75) is 110 Å². The fraction of sp³-hybridized carbons (Fsp3) is 0.741. The summed E-state index contributed by atoms with van der Waals surface area (Å²) < 4.78 is 6.69. The normalized spacial score (nSPS) is 23.6. The lowest BCUT2D eigenvalue weighted by molar-refractivity contribution is -0.121. The van der Waals surface area contributed by atoms with Crippen molar-refractivity contribution in [1.29, 1.82) is 0 Å². The van der Waals surface area contributed by atoms with Gasteiger partial charge in [0.2, 0.25) is 0 Å². The van der Waals surface area contributed by atoms with Crippen LogP contribution in [0.25, 0.3) is 0 Å². The Morgan fingerprint density at radius 3 is 2.28 bits per heavy atom. The topological polar surface area (TPSA) is 55.6 Å². The Kier molecular flexibility index (Phi) is 9.71. The Bertz CT molecular complexity index is 712. The molecule has 4 nitrogen and oxygen atoms in total. The quantitative estimate of drug-likeness (QED) is 0.411. The molecule has 1 aliphatic heterocycles. The number of hydrogen-bond acceptors (Lipinski definition) is 4. The molecule has 0 aromatic heterocycles. The molecule has 4 atom stereocenters. The van der Waals surface area contributed by atoms with E-state index in [-0.39, 0.29) is 34.9 Å². The number of Topliss-reactive ketones (excluding diaryl/α,β-unsaturated/α-hetero) is 1. The third kappa shape index (κ3) is 6.75. The first kappa shape index (κ1) is 27.2. The first-order valence-electron chi connectivity index (χ1n) is 12.6. The summed E-state index contributed by atoms with van der Waals surface area (Å²) >= 11 is 0. The van der Waals surface area contributed by atoms with Crippen molar-refractivity contribution in [2.24, 2.45) is 17.6 Å².